The third kappa shape index (κ3) is 5.56. The van der Waals surface area contributed by atoms with E-state index in [-0.39, 0.29) is 57.8 Å². The maximum Gasteiger partial charge on any atom is 0.245 e. The highest BCUT2D eigenvalue weighted by atomic mass is 35.5. The Morgan fingerprint density at radius 3 is 2.63 bits per heavy atom. The van der Waals surface area contributed by atoms with Crippen molar-refractivity contribution in [2.75, 3.05) is 27.3 Å². The van der Waals surface area contributed by atoms with E-state index in [1.807, 2.05) is 19.0 Å². The van der Waals surface area contributed by atoms with Crippen molar-refractivity contribution in [2.45, 2.75) is 44.9 Å². The van der Waals surface area contributed by atoms with E-state index in [0.29, 0.717) is 23.9 Å². The Bertz CT molecular complexity index is 1620. The monoisotopic (exact) mass is 603 g/mol. The molecule has 0 spiro atoms. The fourth-order valence-corrected chi connectivity index (χ4v) is 6.97. The molecule has 13 heteroatoms. The smallest absolute Gasteiger partial charge is 0.245 e. The Morgan fingerprint density at radius 2 is 1.98 bits per heavy atom. The number of halogens is 2. The molecule has 2 N–H and O–H groups in total. The number of rotatable bonds is 9. The normalized spacial score (nSPS) is 23.0. The molecule has 2 fully saturated rings. The lowest BCUT2D eigenvalue weighted by molar-refractivity contribution is -0.140. The molecular weight excluding hydrogens is 572 g/mol. The number of fused-ring (bicyclic) bond motifs is 2. The van der Waals surface area contributed by atoms with E-state index in [0.717, 1.165) is 6.42 Å². The minimum absolute atomic E-state index is 0.0410. The van der Waals surface area contributed by atoms with Crippen LogP contribution in [0.15, 0.2) is 36.4 Å². The fourth-order valence-electron chi connectivity index (χ4n) is 6.07. The summed E-state index contributed by atoms with van der Waals surface area (Å²) in [5.74, 6) is -1.67. The van der Waals surface area contributed by atoms with Crippen LogP contribution in [0, 0.1) is 11.2 Å². The number of carbonyl (C=O) groups is 3. The van der Waals surface area contributed by atoms with Gasteiger partial charge in [-0.25, -0.2) is 4.39 Å². The van der Waals surface area contributed by atoms with Crippen LogP contribution in [0.2, 0.25) is 5.02 Å². The Hall–Kier alpha value is -3.11. The van der Waals surface area contributed by atoms with Crippen LogP contribution in [0.25, 0.3) is 10.9 Å². The molecule has 1 aliphatic heterocycles. The first-order valence-electron chi connectivity index (χ1n) is 13.2. The van der Waals surface area contributed by atoms with Crippen molar-refractivity contribution in [3.63, 3.8) is 0 Å². The molecule has 3 aromatic rings. The Kier molecular flexibility index (Phi) is 7.61. The first-order valence-corrected chi connectivity index (χ1v) is 15.7. The zero-order valence-electron chi connectivity index (χ0n) is 23.2. The van der Waals surface area contributed by atoms with E-state index in [1.165, 1.54) is 42.5 Å². The molecule has 2 aliphatic rings. The lowest BCUT2D eigenvalue weighted by Gasteiger charge is -2.27. The maximum atomic E-state index is 14.4. The van der Waals surface area contributed by atoms with Gasteiger partial charge in [0, 0.05) is 54.4 Å². The molecule has 0 radical (unpaired) electrons. The highest BCUT2D eigenvalue weighted by Crippen LogP contribution is 2.59. The summed E-state index contributed by atoms with van der Waals surface area (Å²) in [7, 11) is 0.267. The quantitative estimate of drug-likeness (QED) is 0.285. The fraction of sp³-hybridized carbons (Fsp3) is 0.429. The summed E-state index contributed by atoms with van der Waals surface area (Å²) < 4.78 is 28.1. The first kappa shape index (κ1) is 29.4. The summed E-state index contributed by atoms with van der Waals surface area (Å²) in [4.78, 5) is 53.4. The van der Waals surface area contributed by atoms with Gasteiger partial charge in [-0.3, -0.25) is 23.6 Å². The number of hydrogen-bond donors (Lipinski definition) is 2. The molecule has 1 unspecified atom stereocenters. The highest BCUT2D eigenvalue weighted by Gasteiger charge is 2.67. The molecule has 2 aromatic carbocycles. The summed E-state index contributed by atoms with van der Waals surface area (Å²) >= 11 is 5.88. The number of amides is 2. The van der Waals surface area contributed by atoms with E-state index in [4.69, 9.17) is 11.6 Å². The SMILES string of the molecule is CC(=O)c1nn(CC(=O)N2[C@H](C(=O)NCc3cccc(Cl)c3F)C[C@@]3(CN(C)C)C[C@@H]23)c2cc(P(C)(=O)O)ccc12. The van der Waals surface area contributed by atoms with Crippen LogP contribution >= 0.6 is 19.0 Å². The van der Waals surface area contributed by atoms with E-state index >= 15 is 0 Å². The second kappa shape index (κ2) is 10.6. The lowest BCUT2D eigenvalue weighted by Crippen LogP contribution is -2.48. The zero-order valence-corrected chi connectivity index (χ0v) is 24.9. The number of aromatic nitrogens is 2. The number of ketones is 1. The zero-order chi connectivity index (χ0) is 29.9. The van der Waals surface area contributed by atoms with Crippen LogP contribution < -0.4 is 10.6 Å². The second-order valence-corrected chi connectivity index (χ2v) is 14.1. The van der Waals surface area contributed by atoms with E-state index in [1.54, 1.807) is 17.0 Å². The Balaban J connectivity index is 1.44. The van der Waals surface area contributed by atoms with Crippen molar-refractivity contribution in [3.8, 4) is 0 Å². The largest absolute Gasteiger partial charge is 0.350 e. The molecule has 218 valence electrons. The molecule has 10 nitrogen and oxygen atoms in total. The molecule has 4 atom stereocenters. The number of carbonyl (C=O) groups excluding carboxylic acids is 3. The van der Waals surface area contributed by atoms with Crippen molar-refractivity contribution in [1.29, 1.82) is 0 Å². The molecule has 41 heavy (non-hydrogen) atoms. The predicted molar refractivity (Wildman–Crippen MR) is 153 cm³/mol. The average Bonchev–Trinajstić information content (AvgIpc) is 3.28. The van der Waals surface area contributed by atoms with Gasteiger partial charge in [0.05, 0.1) is 10.5 Å². The molecule has 2 heterocycles. The number of nitrogens with one attached hydrogen (secondary N) is 1. The summed E-state index contributed by atoms with van der Waals surface area (Å²) in [6, 6.07) is 8.15. The van der Waals surface area contributed by atoms with Gasteiger partial charge < -0.3 is 20.0 Å². The summed E-state index contributed by atoms with van der Waals surface area (Å²) in [5, 5.41) is 7.75. The first-order chi connectivity index (χ1) is 19.2. The summed E-state index contributed by atoms with van der Waals surface area (Å²) in [6.45, 7) is 2.92. The number of benzene rings is 2. The van der Waals surface area contributed by atoms with Crippen molar-refractivity contribution >= 4 is 52.8 Å². The molecule has 1 saturated carbocycles. The minimum Gasteiger partial charge on any atom is -0.350 e. The minimum atomic E-state index is -3.61. The van der Waals surface area contributed by atoms with E-state index < -0.39 is 25.1 Å². The Labute approximate surface area is 241 Å². The maximum absolute atomic E-state index is 14.4. The number of hydrogen-bond acceptors (Lipinski definition) is 6. The van der Waals surface area contributed by atoms with Gasteiger partial charge in [0.15, 0.2) is 5.78 Å². The summed E-state index contributed by atoms with van der Waals surface area (Å²) in [5.41, 5.74) is 0.528. The van der Waals surface area contributed by atoms with Crippen molar-refractivity contribution in [3.05, 3.63) is 58.5 Å². The summed E-state index contributed by atoms with van der Waals surface area (Å²) in [6.07, 6.45) is 1.20. The number of piperidine rings is 1. The van der Waals surface area contributed by atoms with Crippen LogP contribution in [0.4, 0.5) is 4.39 Å². The molecule has 1 saturated heterocycles. The number of Topliss-reactive ketones (excluding diaryl/α,β-unsaturated/α-hetero) is 1. The van der Waals surface area contributed by atoms with Gasteiger partial charge in [-0.1, -0.05) is 23.7 Å². The third-order valence-corrected chi connectivity index (χ3v) is 9.49. The second-order valence-electron chi connectivity index (χ2n) is 11.4. The van der Waals surface area contributed by atoms with Gasteiger partial charge in [0.1, 0.15) is 24.1 Å². The average molecular weight is 604 g/mol. The van der Waals surface area contributed by atoms with Crippen LogP contribution in [-0.2, 0) is 27.2 Å². The number of nitrogens with zero attached hydrogens (tertiary/aromatic N) is 4. The van der Waals surface area contributed by atoms with Gasteiger partial charge in [-0.2, -0.15) is 5.10 Å². The van der Waals surface area contributed by atoms with Crippen LogP contribution in [-0.4, -0.2) is 81.5 Å². The lowest BCUT2D eigenvalue weighted by atomic mass is 9.98. The topological polar surface area (TPSA) is 125 Å². The van der Waals surface area contributed by atoms with E-state index in [9.17, 15) is 28.2 Å². The molecule has 5 rings (SSSR count). The van der Waals surface area contributed by atoms with Crippen LogP contribution in [0.3, 0.4) is 0 Å². The third-order valence-electron chi connectivity index (χ3n) is 7.96. The molecular formula is C28H32ClFN5O5P. The molecule has 2 amide bonds. The van der Waals surface area contributed by atoms with Gasteiger partial charge in [-0.05, 0) is 51.2 Å². The molecule has 1 aliphatic carbocycles. The van der Waals surface area contributed by atoms with Gasteiger partial charge in [0.2, 0.25) is 19.2 Å². The molecule has 0 bridgehead atoms. The Morgan fingerprint density at radius 1 is 1.24 bits per heavy atom. The standard InChI is InChI=1S/C28H32ClFN5O5P/c1-16(36)26-19-9-8-18(41(4,39)40)10-21(19)34(32-26)14-24(37)35-22(11-28(12-23(28)35)15-33(2)3)27(38)31-13-17-6-5-7-20(29)25(17)30/h5-10,22-23H,11-15H2,1-4H3,(H,31,38)(H,39,40)/t22-,23+,28-/m0/s1. The van der Waals surface area contributed by atoms with Crippen molar-refractivity contribution in [2.24, 2.45) is 5.41 Å². The van der Waals surface area contributed by atoms with Gasteiger partial charge in [-0.15, -0.1) is 0 Å². The van der Waals surface area contributed by atoms with Crippen molar-refractivity contribution < 1.29 is 28.2 Å². The van der Waals surface area contributed by atoms with E-state index in [2.05, 4.69) is 10.4 Å². The molecule has 1 aromatic heterocycles. The van der Waals surface area contributed by atoms with Crippen LogP contribution in [0.1, 0.15) is 35.8 Å². The predicted octanol–water partition coefficient (Wildman–Crippen LogP) is 2.79. The highest BCUT2D eigenvalue weighted by molar-refractivity contribution is 7.65. The van der Waals surface area contributed by atoms with Gasteiger partial charge in [0.25, 0.3) is 0 Å². The van der Waals surface area contributed by atoms with Crippen LogP contribution in [0.5, 0.6) is 0 Å². The van der Waals surface area contributed by atoms with Gasteiger partial charge >= 0.3 is 0 Å². The van der Waals surface area contributed by atoms with Crippen molar-refractivity contribution in [1.82, 2.24) is 24.9 Å². The number of likely N-dealkylation sites (tertiary alicyclic amines) is 1.